The van der Waals surface area contributed by atoms with Crippen molar-refractivity contribution in [1.82, 2.24) is 4.90 Å². The van der Waals surface area contributed by atoms with E-state index in [2.05, 4.69) is 5.32 Å². The maximum atomic E-state index is 13.0. The zero-order chi connectivity index (χ0) is 22.2. The number of hydrogen-bond acceptors (Lipinski definition) is 5. The van der Waals surface area contributed by atoms with E-state index in [0.29, 0.717) is 18.8 Å². The highest BCUT2D eigenvalue weighted by molar-refractivity contribution is 5.90. The quantitative estimate of drug-likeness (QED) is 0.517. The number of nitrogens with zero attached hydrogens (tertiary/aromatic N) is 1. The molecule has 2 aromatic rings. The summed E-state index contributed by atoms with van der Waals surface area (Å²) in [6.45, 7) is 2.77. The van der Waals surface area contributed by atoms with Crippen LogP contribution in [0.3, 0.4) is 0 Å². The van der Waals surface area contributed by atoms with Crippen molar-refractivity contribution >= 4 is 23.8 Å². The van der Waals surface area contributed by atoms with Crippen LogP contribution in [-0.4, -0.2) is 44.3 Å². The first-order valence-electron chi connectivity index (χ1n) is 10.3. The van der Waals surface area contributed by atoms with Crippen molar-refractivity contribution in [3.63, 3.8) is 0 Å². The van der Waals surface area contributed by atoms with Crippen LogP contribution in [0.25, 0.3) is 6.08 Å². The molecular weight excluding hydrogens is 396 g/mol. The third-order valence-electron chi connectivity index (χ3n) is 5.17. The lowest BCUT2D eigenvalue weighted by Crippen LogP contribution is -2.34. The van der Waals surface area contributed by atoms with E-state index in [0.717, 1.165) is 35.5 Å². The number of nitrogens with one attached hydrogen (secondary N) is 1. The van der Waals surface area contributed by atoms with Crippen molar-refractivity contribution < 1.29 is 23.8 Å². The Morgan fingerprint density at radius 2 is 1.90 bits per heavy atom. The molecule has 0 saturated carbocycles. The van der Waals surface area contributed by atoms with Gasteiger partial charge in [0.15, 0.2) is 0 Å². The van der Waals surface area contributed by atoms with E-state index < -0.39 is 0 Å². The molecule has 1 N–H and O–H groups in total. The van der Waals surface area contributed by atoms with Crippen LogP contribution in [0.2, 0.25) is 0 Å². The number of urea groups is 1. The number of ether oxygens (including phenoxy) is 3. The maximum absolute atomic E-state index is 13.0. The van der Waals surface area contributed by atoms with Crippen LogP contribution in [0, 0.1) is 0 Å². The van der Waals surface area contributed by atoms with Gasteiger partial charge >= 0.3 is 12.0 Å². The van der Waals surface area contributed by atoms with Gasteiger partial charge in [-0.25, -0.2) is 9.59 Å². The van der Waals surface area contributed by atoms with Gasteiger partial charge in [0, 0.05) is 23.9 Å². The monoisotopic (exact) mass is 424 g/mol. The highest BCUT2D eigenvalue weighted by Crippen LogP contribution is 2.39. The molecule has 2 aromatic carbocycles. The molecule has 0 radical (unpaired) electrons. The number of amides is 2. The first-order valence-corrected chi connectivity index (χ1v) is 10.3. The summed E-state index contributed by atoms with van der Waals surface area (Å²) in [5.74, 6) is 1.09. The number of rotatable bonds is 7. The normalized spacial score (nSPS) is 15.7. The molecule has 7 nitrogen and oxygen atoms in total. The van der Waals surface area contributed by atoms with Crippen molar-refractivity contribution in [3.05, 3.63) is 59.7 Å². The summed E-state index contributed by atoms with van der Waals surface area (Å²) < 4.78 is 15.7. The second kappa shape index (κ2) is 10.5. The van der Waals surface area contributed by atoms with Crippen molar-refractivity contribution in [2.24, 2.45) is 0 Å². The SMILES string of the molecule is CCOC(=O)/C=C\c1ccc(NC(=O)N2CCC[C@@H]2c2cc(OC)ccc2OC)cc1. The highest BCUT2D eigenvalue weighted by atomic mass is 16.5. The van der Waals surface area contributed by atoms with Crippen LogP contribution in [-0.2, 0) is 9.53 Å². The molecule has 7 heteroatoms. The van der Waals surface area contributed by atoms with E-state index >= 15 is 0 Å². The second-order valence-corrected chi connectivity index (χ2v) is 7.10. The molecule has 1 saturated heterocycles. The Balaban J connectivity index is 1.69. The fourth-order valence-corrected chi connectivity index (χ4v) is 3.66. The topological polar surface area (TPSA) is 77.1 Å². The molecule has 0 aromatic heterocycles. The van der Waals surface area contributed by atoms with Gasteiger partial charge in [-0.2, -0.15) is 0 Å². The van der Waals surface area contributed by atoms with Gasteiger partial charge in [0.2, 0.25) is 0 Å². The van der Waals surface area contributed by atoms with Gasteiger partial charge in [-0.05, 0) is 61.7 Å². The predicted octanol–water partition coefficient (Wildman–Crippen LogP) is 4.65. The van der Waals surface area contributed by atoms with Crippen molar-refractivity contribution in [3.8, 4) is 11.5 Å². The predicted molar refractivity (Wildman–Crippen MR) is 119 cm³/mol. The summed E-state index contributed by atoms with van der Waals surface area (Å²) >= 11 is 0. The number of likely N-dealkylation sites (tertiary alicyclic amines) is 1. The molecule has 1 heterocycles. The number of carbonyl (C=O) groups excluding carboxylic acids is 2. The van der Waals surface area contributed by atoms with Gasteiger partial charge in [-0.1, -0.05) is 12.1 Å². The Morgan fingerprint density at radius 3 is 2.58 bits per heavy atom. The zero-order valence-corrected chi connectivity index (χ0v) is 18.1. The van der Waals surface area contributed by atoms with Gasteiger partial charge in [0.1, 0.15) is 11.5 Å². The molecule has 0 spiro atoms. The number of carbonyl (C=O) groups is 2. The molecule has 1 atom stereocenters. The third-order valence-corrected chi connectivity index (χ3v) is 5.17. The molecular formula is C24H28N2O5. The van der Waals surface area contributed by atoms with Gasteiger partial charge in [-0.3, -0.25) is 0 Å². The van der Waals surface area contributed by atoms with E-state index in [1.807, 2.05) is 35.2 Å². The number of esters is 1. The smallest absolute Gasteiger partial charge is 0.330 e. The maximum Gasteiger partial charge on any atom is 0.330 e. The van der Waals surface area contributed by atoms with Crippen LogP contribution in [0.1, 0.15) is 36.9 Å². The largest absolute Gasteiger partial charge is 0.497 e. The number of anilines is 1. The molecule has 1 aliphatic rings. The van der Waals surface area contributed by atoms with Crippen molar-refractivity contribution in [1.29, 1.82) is 0 Å². The first kappa shape index (κ1) is 22.2. The average Bonchev–Trinajstić information content (AvgIpc) is 3.28. The molecule has 2 amide bonds. The first-order chi connectivity index (χ1) is 15.0. The number of hydrogen-bond donors (Lipinski definition) is 1. The van der Waals surface area contributed by atoms with E-state index in [1.165, 1.54) is 6.08 Å². The van der Waals surface area contributed by atoms with E-state index in [4.69, 9.17) is 14.2 Å². The molecule has 164 valence electrons. The Bertz CT molecular complexity index is 939. The summed E-state index contributed by atoms with van der Waals surface area (Å²) in [4.78, 5) is 26.2. The van der Waals surface area contributed by atoms with Crippen LogP contribution in [0.5, 0.6) is 11.5 Å². The fraction of sp³-hybridized carbons (Fsp3) is 0.333. The number of benzene rings is 2. The number of methoxy groups -OCH3 is 2. The van der Waals surface area contributed by atoms with E-state index in [1.54, 1.807) is 39.4 Å². The lowest BCUT2D eigenvalue weighted by Gasteiger charge is -2.27. The molecule has 0 bridgehead atoms. The second-order valence-electron chi connectivity index (χ2n) is 7.10. The van der Waals surface area contributed by atoms with Crippen LogP contribution in [0.4, 0.5) is 10.5 Å². The average molecular weight is 424 g/mol. The minimum atomic E-state index is -0.382. The van der Waals surface area contributed by atoms with Crippen LogP contribution < -0.4 is 14.8 Å². The van der Waals surface area contributed by atoms with Crippen LogP contribution >= 0.6 is 0 Å². The minimum absolute atomic E-state index is 0.0863. The molecule has 31 heavy (non-hydrogen) atoms. The zero-order valence-electron chi connectivity index (χ0n) is 18.1. The van der Waals surface area contributed by atoms with Gasteiger partial charge < -0.3 is 24.4 Å². The minimum Gasteiger partial charge on any atom is -0.497 e. The Morgan fingerprint density at radius 1 is 1.13 bits per heavy atom. The summed E-state index contributed by atoms with van der Waals surface area (Å²) in [6.07, 6.45) is 4.83. The lowest BCUT2D eigenvalue weighted by atomic mass is 10.0. The molecule has 3 rings (SSSR count). The summed E-state index contributed by atoms with van der Waals surface area (Å²) in [5, 5.41) is 2.96. The highest BCUT2D eigenvalue weighted by Gasteiger charge is 2.32. The standard InChI is InChI=1S/C24H28N2O5/c1-4-31-23(27)14-9-17-7-10-18(11-8-17)25-24(28)26-15-5-6-21(26)20-16-19(29-2)12-13-22(20)30-3/h7-14,16,21H,4-6,15H2,1-3H3,(H,25,28)/b14-9-/t21-/m1/s1. The molecule has 0 aliphatic carbocycles. The Labute approximate surface area is 182 Å². The lowest BCUT2D eigenvalue weighted by molar-refractivity contribution is -0.137. The summed E-state index contributed by atoms with van der Waals surface area (Å²) in [5.41, 5.74) is 2.46. The van der Waals surface area contributed by atoms with Crippen molar-refractivity contribution in [2.45, 2.75) is 25.8 Å². The Kier molecular flexibility index (Phi) is 7.54. The molecule has 1 fully saturated rings. The van der Waals surface area contributed by atoms with E-state index in [9.17, 15) is 9.59 Å². The van der Waals surface area contributed by atoms with Gasteiger partial charge in [0.25, 0.3) is 0 Å². The van der Waals surface area contributed by atoms with Gasteiger partial charge in [0.05, 0.1) is 26.9 Å². The Hall–Kier alpha value is -3.48. The summed E-state index contributed by atoms with van der Waals surface area (Å²) in [7, 11) is 3.25. The molecule has 1 aliphatic heterocycles. The summed E-state index contributed by atoms with van der Waals surface area (Å²) in [6, 6.07) is 12.7. The fourth-order valence-electron chi connectivity index (χ4n) is 3.66. The van der Waals surface area contributed by atoms with Crippen LogP contribution in [0.15, 0.2) is 48.5 Å². The van der Waals surface area contributed by atoms with E-state index in [-0.39, 0.29) is 18.0 Å². The third kappa shape index (κ3) is 5.57. The molecule has 0 unspecified atom stereocenters. The van der Waals surface area contributed by atoms with Crippen molar-refractivity contribution in [2.75, 3.05) is 32.7 Å². The van der Waals surface area contributed by atoms with Gasteiger partial charge in [-0.15, -0.1) is 0 Å².